The van der Waals surface area contributed by atoms with Gasteiger partial charge in [-0.05, 0) is 49.6 Å². The van der Waals surface area contributed by atoms with Crippen LogP contribution in [0.2, 0.25) is 0 Å². The molecule has 0 radical (unpaired) electrons. The van der Waals surface area contributed by atoms with Crippen LogP contribution < -0.4 is 5.73 Å². The molecule has 2 N–H and O–H groups in total. The molecule has 0 aliphatic heterocycles. The van der Waals surface area contributed by atoms with Crippen LogP contribution in [-0.4, -0.2) is 6.04 Å². The van der Waals surface area contributed by atoms with Crippen LogP contribution in [0.15, 0.2) is 58.3 Å². The first-order valence-electron chi connectivity index (χ1n) is 6.23. The van der Waals surface area contributed by atoms with Gasteiger partial charge >= 0.3 is 0 Å². The molecule has 2 rings (SSSR count). The molecule has 2 aromatic rings. The van der Waals surface area contributed by atoms with Crippen molar-refractivity contribution < 1.29 is 0 Å². The molecular formula is C16H19NS. The maximum atomic E-state index is 5.83. The van der Waals surface area contributed by atoms with Crippen molar-refractivity contribution in [1.29, 1.82) is 0 Å². The second-order valence-corrected chi connectivity index (χ2v) is 5.81. The van der Waals surface area contributed by atoms with Crippen molar-refractivity contribution in [1.82, 2.24) is 0 Å². The van der Waals surface area contributed by atoms with E-state index in [-0.39, 0.29) is 6.04 Å². The molecule has 1 nitrogen and oxygen atoms in total. The minimum Gasteiger partial charge on any atom is -0.328 e. The molecule has 0 saturated heterocycles. The van der Waals surface area contributed by atoms with E-state index in [0.717, 1.165) is 6.42 Å². The lowest BCUT2D eigenvalue weighted by atomic mass is 10.1. The topological polar surface area (TPSA) is 26.0 Å². The summed E-state index contributed by atoms with van der Waals surface area (Å²) in [5.74, 6) is 0. The Morgan fingerprint density at radius 3 is 2.44 bits per heavy atom. The van der Waals surface area contributed by atoms with Crippen LogP contribution in [0, 0.1) is 6.92 Å². The highest BCUT2D eigenvalue weighted by Crippen LogP contribution is 2.30. The zero-order valence-electron chi connectivity index (χ0n) is 10.9. The molecule has 2 aromatic carbocycles. The molecule has 1 unspecified atom stereocenters. The summed E-state index contributed by atoms with van der Waals surface area (Å²) in [6.45, 7) is 4.21. The van der Waals surface area contributed by atoms with Crippen molar-refractivity contribution >= 4 is 11.8 Å². The van der Waals surface area contributed by atoms with Gasteiger partial charge in [0.05, 0.1) is 0 Å². The number of hydrogen-bond donors (Lipinski definition) is 1. The first kappa shape index (κ1) is 13.2. The molecule has 0 aliphatic rings. The van der Waals surface area contributed by atoms with Crippen LogP contribution in [-0.2, 0) is 6.42 Å². The largest absolute Gasteiger partial charge is 0.328 e. The van der Waals surface area contributed by atoms with Crippen molar-refractivity contribution in [2.75, 3.05) is 0 Å². The third-order valence-corrected chi connectivity index (χ3v) is 3.95. The van der Waals surface area contributed by atoms with Gasteiger partial charge in [-0.2, -0.15) is 0 Å². The number of nitrogens with two attached hydrogens (primary N) is 1. The Hall–Kier alpha value is -1.25. The maximum Gasteiger partial charge on any atom is 0.0151 e. The van der Waals surface area contributed by atoms with Gasteiger partial charge in [-0.15, -0.1) is 0 Å². The van der Waals surface area contributed by atoms with Crippen LogP contribution in [0.4, 0.5) is 0 Å². The average molecular weight is 257 g/mol. The van der Waals surface area contributed by atoms with E-state index in [1.165, 1.54) is 20.9 Å². The smallest absolute Gasteiger partial charge is 0.0151 e. The number of benzene rings is 2. The van der Waals surface area contributed by atoms with Gasteiger partial charge in [0.15, 0.2) is 0 Å². The maximum absolute atomic E-state index is 5.83. The SMILES string of the molecule is Cc1cc(CC(C)N)ccc1Sc1ccccc1. The van der Waals surface area contributed by atoms with E-state index in [1.807, 2.05) is 24.8 Å². The van der Waals surface area contributed by atoms with Gasteiger partial charge in [-0.1, -0.05) is 42.1 Å². The highest BCUT2D eigenvalue weighted by molar-refractivity contribution is 7.99. The van der Waals surface area contributed by atoms with Gasteiger partial charge in [0, 0.05) is 15.8 Å². The molecule has 0 heterocycles. The Morgan fingerprint density at radius 2 is 1.83 bits per heavy atom. The summed E-state index contributed by atoms with van der Waals surface area (Å²) in [5.41, 5.74) is 8.47. The standard InChI is InChI=1S/C16H19NS/c1-12-10-14(11-13(2)17)8-9-16(12)18-15-6-4-3-5-7-15/h3-10,13H,11,17H2,1-2H3. The van der Waals surface area contributed by atoms with E-state index >= 15 is 0 Å². The van der Waals surface area contributed by atoms with Crippen molar-refractivity contribution in [3.8, 4) is 0 Å². The lowest BCUT2D eigenvalue weighted by Crippen LogP contribution is -2.17. The Bertz CT molecular complexity index is 506. The van der Waals surface area contributed by atoms with E-state index in [4.69, 9.17) is 5.73 Å². The number of rotatable bonds is 4. The van der Waals surface area contributed by atoms with E-state index < -0.39 is 0 Å². The van der Waals surface area contributed by atoms with Gasteiger partial charge in [-0.25, -0.2) is 0 Å². The summed E-state index contributed by atoms with van der Waals surface area (Å²) in [6, 6.07) is 17.3. The molecule has 0 saturated carbocycles. The average Bonchev–Trinajstić information content (AvgIpc) is 2.33. The summed E-state index contributed by atoms with van der Waals surface area (Å²) >= 11 is 1.81. The van der Waals surface area contributed by atoms with E-state index in [9.17, 15) is 0 Å². The highest BCUT2D eigenvalue weighted by atomic mass is 32.2. The molecule has 94 valence electrons. The number of hydrogen-bond acceptors (Lipinski definition) is 2. The van der Waals surface area contributed by atoms with Gasteiger partial charge in [0.2, 0.25) is 0 Å². The molecule has 0 aromatic heterocycles. The van der Waals surface area contributed by atoms with Crippen LogP contribution in [0.5, 0.6) is 0 Å². The van der Waals surface area contributed by atoms with Gasteiger partial charge in [-0.3, -0.25) is 0 Å². The predicted octanol–water partition coefficient (Wildman–Crippen LogP) is 4.04. The quantitative estimate of drug-likeness (QED) is 0.894. The molecule has 18 heavy (non-hydrogen) atoms. The van der Waals surface area contributed by atoms with Crippen LogP contribution in [0.1, 0.15) is 18.1 Å². The molecule has 0 fully saturated rings. The van der Waals surface area contributed by atoms with Crippen LogP contribution in [0.3, 0.4) is 0 Å². The molecule has 0 amide bonds. The molecule has 1 atom stereocenters. The fourth-order valence-corrected chi connectivity index (χ4v) is 2.84. The Labute approximate surface area is 113 Å². The Morgan fingerprint density at radius 1 is 1.11 bits per heavy atom. The van der Waals surface area contributed by atoms with E-state index in [0.29, 0.717) is 0 Å². The number of aryl methyl sites for hydroxylation is 1. The third kappa shape index (κ3) is 3.62. The molecule has 0 spiro atoms. The van der Waals surface area contributed by atoms with E-state index in [1.54, 1.807) is 0 Å². The van der Waals surface area contributed by atoms with Gasteiger partial charge in [0.1, 0.15) is 0 Å². The second-order valence-electron chi connectivity index (χ2n) is 4.70. The fourth-order valence-electron chi connectivity index (χ4n) is 1.94. The van der Waals surface area contributed by atoms with Crippen molar-refractivity contribution in [3.05, 3.63) is 59.7 Å². The highest BCUT2D eigenvalue weighted by Gasteiger charge is 2.04. The summed E-state index contributed by atoms with van der Waals surface area (Å²) in [7, 11) is 0. The summed E-state index contributed by atoms with van der Waals surface area (Å²) < 4.78 is 0. The molecule has 0 bridgehead atoms. The Balaban J connectivity index is 2.15. The normalized spacial score (nSPS) is 12.4. The van der Waals surface area contributed by atoms with E-state index in [2.05, 4.69) is 49.4 Å². The zero-order chi connectivity index (χ0) is 13.0. The predicted molar refractivity (Wildman–Crippen MR) is 79.1 cm³/mol. The summed E-state index contributed by atoms with van der Waals surface area (Å²) in [5, 5.41) is 0. The van der Waals surface area contributed by atoms with Crippen molar-refractivity contribution in [2.45, 2.75) is 36.1 Å². The fraction of sp³-hybridized carbons (Fsp3) is 0.250. The summed E-state index contributed by atoms with van der Waals surface area (Å²) in [4.78, 5) is 2.59. The lowest BCUT2D eigenvalue weighted by Gasteiger charge is -2.10. The van der Waals surface area contributed by atoms with Crippen molar-refractivity contribution in [2.24, 2.45) is 5.73 Å². The zero-order valence-corrected chi connectivity index (χ0v) is 11.7. The minimum atomic E-state index is 0.219. The molecule has 2 heteroatoms. The monoisotopic (exact) mass is 257 g/mol. The minimum absolute atomic E-state index is 0.219. The second kappa shape index (κ2) is 6.07. The molecular weight excluding hydrogens is 238 g/mol. The first-order valence-corrected chi connectivity index (χ1v) is 7.05. The Kier molecular flexibility index (Phi) is 4.45. The summed E-state index contributed by atoms with van der Waals surface area (Å²) in [6.07, 6.45) is 0.942. The van der Waals surface area contributed by atoms with Crippen LogP contribution in [0.25, 0.3) is 0 Å². The molecule has 0 aliphatic carbocycles. The van der Waals surface area contributed by atoms with Crippen LogP contribution >= 0.6 is 11.8 Å². The first-order chi connectivity index (χ1) is 8.65. The van der Waals surface area contributed by atoms with Gasteiger partial charge in [0.25, 0.3) is 0 Å². The lowest BCUT2D eigenvalue weighted by molar-refractivity contribution is 0.737. The van der Waals surface area contributed by atoms with Gasteiger partial charge < -0.3 is 5.73 Å². The van der Waals surface area contributed by atoms with Crippen molar-refractivity contribution in [3.63, 3.8) is 0 Å². The third-order valence-electron chi connectivity index (χ3n) is 2.77.